The van der Waals surface area contributed by atoms with E-state index in [0.29, 0.717) is 0 Å². The second-order valence-corrected chi connectivity index (χ2v) is 7.70. The summed E-state index contributed by atoms with van der Waals surface area (Å²) in [5.41, 5.74) is 2.92. The van der Waals surface area contributed by atoms with E-state index >= 15 is 0 Å². The van der Waals surface area contributed by atoms with Crippen LogP contribution in [0.15, 0.2) is 29.3 Å². The SMILES string of the molecule is CCNC(=NCc1ccccc1CC)NCC1(N2CCCC2)CCOCC1.I. The van der Waals surface area contributed by atoms with Crippen LogP contribution in [0.1, 0.15) is 50.7 Å². The van der Waals surface area contributed by atoms with Crippen LogP contribution < -0.4 is 10.6 Å². The number of benzene rings is 1. The Morgan fingerprint density at radius 2 is 1.75 bits per heavy atom. The van der Waals surface area contributed by atoms with Gasteiger partial charge in [-0.15, -0.1) is 24.0 Å². The van der Waals surface area contributed by atoms with Crippen molar-refractivity contribution in [1.29, 1.82) is 0 Å². The van der Waals surface area contributed by atoms with Crippen LogP contribution in [0.3, 0.4) is 0 Å². The smallest absolute Gasteiger partial charge is 0.191 e. The third-order valence-corrected chi connectivity index (χ3v) is 6.04. The van der Waals surface area contributed by atoms with Gasteiger partial charge in [-0.3, -0.25) is 4.90 Å². The van der Waals surface area contributed by atoms with E-state index in [1.54, 1.807) is 0 Å². The fraction of sp³-hybridized carbons (Fsp3) is 0.682. The van der Waals surface area contributed by atoms with Crippen LogP contribution in [0.5, 0.6) is 0 Å². The van der Waals surface area contributed by atoms with Gasteiger partial charge in [-0.2, -0.15) is 0 Å². The Morgan fingerprint density at radius 3 is 2.39 bits per heavy atom. The van der Waals surface area contributed by atoms with Crippen molar-refractivity contribution in [1.82, 2.24) is 15.5 Å². The maximum Gasteiger partial charge on any atom is 0.191 e. The number of guanidine groups is 1. The van der Waals surface area contributed by atoms with Gasteiger partial charge in [-0.1, -0.05) is 31.2 Å². The first kappa shape index (κ1) is 23.4. The summed E-state index contributed by atoms with van der Waals surface area (Å²) < 4.78 is 5.67. The number of halogens is 1. The second-order valence-electron chi connectivity index (χ2n) is 7.70. The zero-order valence-electron chi connectivity index (χ0n) is 17.5. The third-order valence-electron chi connectivity index (χ3n) is 6.04. The Bertz CT molecular complexity index is 610. The minimum absolute atomic E-state index is 0. The molecule has 0 aliphatic carbocycles. The largest absolute Gasteiger partial charge is 0.381 e. The van der Waals surface area contributed by atoms with E-state index in [9.17, 15) is 0 Å². The van der Waals surface area contributed by atoms with Crippen LogP contribution in [-0.4, -0.2) is 55.8 Å². The molecular weight excluding hydrogens is 463 g/mol. The normalized spacial score (nSPS) is 19.9. The molecule has 5 nitrogen and oxygen atoms in total. The van der Waals surface area contributed by atoms with Gasteiger partial charge < -0.3 is 15.4 Å². The monoisotopic (exact) mass is 500 g/mol. The molecule has 0 atom stereocenters. The molecule has 0 bridgehead atoms. The van der Waals surface area contributed by atoms with Gasteiger partial charge in [0.25, 0.3) is 0 Å². The van der Waals surface area contributed by atoms with E-state index in [1.165, 1.54) is 37.1 Å². The van der Waals surface area contributed by atoms with E-state index in [0.717, 1.165) is 58.1 Å². The number of hydrogen-bond donors (Lipinski definition) is 2. The first-order valence-electron chi connectivity index (χ1n) is 10.7. The summed E-state index contributed by atoms with van der Waals surface area (Å²) in [6, 6.07) is 8.61. The summed E-state index contributed by atoms with van der Waals surface area (Å²) in [4.78, 5) is 7.57. The maximum absolute atomic E-state index is 5.67. The molecule has 1 aromatic carbocycles. The van der Waals surface area contributed by atoms with Gasteiger partial charge in [0, 0.05) is 31.8 Å². The Kier molecular flexibility index (Phi) is 10.0. The van der Waals surface area contributed by atoms with Gasteiger partial charge in [-0.25, -0.2) is 4.99 Å². The minimum Gasteiger partial charge on any atom is -0.381 e. The van der Waals surface area contributed by atoms with Gasteiger partial charge in [0.2, 0.25) is 0 Å². The highest BCUT2D eigenvalue weighted by molar-refractivity contribution is 14.0. The maximum atomic E-state index is 5.67. The molecule has 3 rings (SSSR count). The van der Waals surface area contributed by atoms with Gasteiger partial charge in [0.05, 0.1) is 6.54 Å². The lowest BCUT2D eigenvalue weighted by atomic mass is 9.88. The zero-order valence-corrected chi connectivity index (χ0v) is 19.8. The Labute approximate surface area is 187 Å². The number of hydrogen-bond acceptors (Lipinski definition) is 3. The van der Waals surface area contributed by atoms with Crippen molar-refractivity contribution in [3.63, 3.8) is 0 Å². The molecule has 0 amide bonds. The topological polar surface area (TPSA) is 48.9 Å². The lowest BCUT2D eigenvalue weighted by molar-refractivity contribution is -0.0164. The van der Waals surface area contributed by atoms with E-state index in [-0.39, 0.29) is 29.5 Å². The molecule has 0 spiro atoms. The summed E-state index contributed by atoms with van der Waals surface area (Å²) in [7, 11) is 0. The molecule has 0 unspecified atom stereocenters. The van der Waals surface area contributed by atoms with Crippen LogP contribution in [0, 0.1) is 0 Å². The number of nitrogens with one attached hydrogen (secondary N) is 2. The predicted octanol–water partition coefficient (Wildman–Crippen LogP) is 3.57. The zero-order chi connectivity index (χ0) is 19.0. The molecule has 2 aliphatic heterocycles. The highest BCUT2D eigenvalue weighted by Crippen LogP contribution is 2.30. The fourth-order valence-corrected chi connectivity index (χ4v) is 4.36. The molecule has 2 fully saturated rings. The van der Waals surface area contributed by atoms with Gasteiger partial charge in [0.1, 0.15) is 0 Å². The predicted molar refractivity (Wildman–Crippen MR) is 128 cm³/mol. The highest BCUT2D eigenvalue weighted by atomic mass is 127. The molecule has 28 heavy (non-hydrogen) atoms. The van der Waals surface area contributed by atoms with E-state index in [2.05, 4.69) is 53.6 Å². The van der Waals surface area contributed by atoms with Crippen molar-refractivity contribution >= 4 is 29.9 Å². The summed E-state index contributed by atoms with van der Waals surface area (Å²) in [6.07, 6.45) is 5.92. The lowest BCUT2D eigenvalue weighted by Gasteiger charge is -2.45. The molecular formula is C22H37IN4O. The summed E-state index contributed by atoms with van der Waals surface area (Å²) in [6.45, 7) is 11.1. The van der Waals surface area contributed by atoms with Crippen molar-refractivity contribution in [3.8, 4) is 0 Å². The molecule has 0 radical (unpaired) electrons. The van der Waals surface area contributed by atoms with Crippen LogP contribution >= 0.6 is 24.0 Å². The number of aliphatic imine (C=N–C) groups is 1. The Morgan fingerprint density at radius 1 is 1.07 bits per heavy atom. The lowest BCUT2D eigenvalue weighted by Crippen LogP contribution is -2.58. The van der Waals surface area contributed by atoms with Crippen molar-refractivity contribution < 1.29 is 4.74 Å². The second kappa shape index (κ2) is 12.0. The standard InChI is InChI=1S/C22H36N4O.HI/c1-3-19-9-5-6-10-20(19)17-24-21(23-4-2)25-18-22(11-15-27-16-12-22)26-13-7-8-14-26;/h5-6,9-10H,3-4,7-8,11-18H2,1-2H3,(H2,23,24,25);1H. The average molecular weight is 500 g/mol. The van der Waals surface area contributed by atoms with Gasteiger partial charge >= 0.3 is 0 Å². The van der Waals surface area contributed by atoms with Crippen LogP contribution in [-0.2, 0) is 17.7 Å². The summed E-state index contributed by atoms with van der Waals surface area (Å²) in [5.74, 6) is 0.925. The third kappa shape index (κ3) is 6.07. The number of ether oxygens (including phenoxy) is 1. The number of nitrogens with zero attached hydrogens (tertiary/aromatic N) is 2. The Hall–Kier alpha value is -0.860. The molecule has 2 saturated heterocycles. The fourth-order valence-electron chi connectivity index (χ4n) is 4.36. The molecule has 1 aromatic rings. The molecule has 2 heterocycles. The molecule has 2 aliphatic rings. The quantitative estimate of drug-likeness (QED) is 0.342. The molecule has 6 heteroatoms. The van der Waals surface area contributed by atoms with Gasteiger partial charge in [-0.05, 0) is 63.2 Å². The summed E-state index contributed by atoms with van der Waals surface area (Å²) >= 11 is 0. The van der Waals surface area contributed by atoms with Crippen molar-refractivity contribution in [2.45, 2.75) is 58.0 Å². The number of rotatable bonds is 7. The van der Waals surface area contributed by atoms with Crippen molar-refractivity contribution in [2.75, 3.05) is 39.4 Å². The molecule has 0 aromatic heterocycles. The number of aryl methyl sites for hydroxylation is 1. The number of likely N-dealkylation sites (tertiary alicyclic amines) is 1. The molecule has 158 valence electrons. The minimum atomic E-state index is 0. The first-order valence-corrected chi connectivity index (χ1v) is 10.7. The van der Waals surface area contributed by atoms with Crippen molar-refractivity contribution in [2.24, 2.45) is 4.99 Å². The Balaban J connectivity index is 0.00000280. The van der Waals surface area contributed by atoms with Crippen LogP contribution in [0.4, 0.5) is 0 Å². The molecule has 0 saturated carbocycles. The van der Waals surface area contributed by atoms with Crippen LogP contribution in [0.2, 0.25) is 0 Å². The summed E-state index contributed by atoms with van der Waals surface area (Å²) in [5, 5.41) is 7.08. The van der Waals surface area contributed by atoms with E-state index in [4.69, 9.17) is 9.73 Å². The molecule has 2 N–H and O–H groups in total. The van der Waals surface area contributed by atoms with E-state index < -0.39 is 0 Å². The van der Waals surface area contributed by atoms with Gasteiger partial charge in [0.15, 0.2) is 5.96 Å². The van der Waals surface area contributed by atoms with E-state index in [1.807, 2.05) is 0 Å². The van der Waals surface area contributed by atoms with Crippen molar-refractivity contribution in [3.05, 3.63) is 35.4 Å². The first-order chi connectivity index (χ1) is 13.3. The highest BCUT2D eigenvalue weighted by Gasteiger charge is 2.39. The average Bonchev–Trinajstić information content (AvgIpc) is 3.26. The van der Waals surface area contributed by atoms with Crippen LogP contribution in [0.25, 0.3) is 0 Å².